The third-order valence-corrected chi connectivity index (χ3v) is 4.69. The molecule has 2 rings (SSSR count). The second-order valence-corrected chi connectivity index (χ2v) is 6.83. The maximum atomic E-state index is 11.9. The summed E-state index contributed by atoms with van der Waals surface area (Å²) in [7, 11) is 0. The molecule has 0 saturated carbocycles. The Balaban J connectivity index is 1.79. The van der Waals surface area contributed by atoms with E-state index in [0.29, 0.717) is 10.6 Å². The number of thiophene rings is 1. The van der Waals surface area contributed by atoms with Gasteiger partial charge in [0.2, 0.25) is 0 Å². The molecule has 1 atom stereocenters. The summed E-state index contributed by atoms with van der Waals surface area (Å²) in [5, 5.41) is 13.2. The van der Waals surface area contributed by atoms with Crippen molar-refractivity contribution in [3.8, 4) is 6.07 Å². The molecule has 0 bridgehead atoms. The Bertz CT molecular complexity index is 722. The predicted molar refractivity (Wildman–Crippen MR) is 90.4 cm³/mol. The summed E-state index contributed by atoms with van der Waals surface area (Å²) in [5.74, 6) is -0.921. The molecule has 118 valence electrons. The minimum Gasteiger partial charge on any atom is -0.455 e. The van der Waals surface area contributed by atoms with E-state index in [1.165, 1.54) is 23.1 Å². The van der Waals surface area contributed by atoms with Gasteiger partial charge in [0.05, 0.1) is 5.56 Å². The smallest absolute Gasteiger partial charge is 0.319 e. The number of carbonyl (C=O) groups is 2. The number of nitrogens with one attached hydrogen (secondary N) is 1. The van der Waals surface area contributed by atoms with Gasteiger partial charge in [-0.1, -0.05) is 18.2 Å². The number of anilines is 1. The number of esters is 1. The molecule has 0 radical (unpaired) electrons. The number of carbonyl (C=O) groups excluding carboxylic acids is 2. The number of rotatable bonds is 6. The van der Waals surface area contributed by atoms with Crippen molar-refractivity contribution in [1.82, 2.24) is 0 Å². The molecule has 0 aliphatic rings. The summed E-state index contributed by atoms with van der Waals surface area (Å²) in [6, 6.07) is 13.1. The topological polar surface area (TPSA) is 79.2 Å². The van der Waals surface area contributed by atoms with Gasteiger partial charge in [0.15, 0.2) is 6.61 Å². The van der Waals surface area contributed by atoms with Gasteiger partial charge >= 0.3 is 5.97 Å². The van der Waals surface area contributed by atoms with Crippen LogP contribution in [0.15, 0.2) is 46.7 Å². The summed E-state index contributed by atoms with van der Waals surface area (Å²) < 4.78 is 5.01. The van der Waals surface area contributed by atoms with Crippen LogP contribution in [0.3, 0.4) is 0 Å². The Morgan fingerprint density at radius 2 is 2.09 bits per heavy atom. The zero-order valence-corrected chi connectivity index (χ0v) is 13.9. The standard InChI is InChI=1S/C16H14N2O3S2/c1-11(23-13-5-3-2-4-6-13)16(20)21-10-14(19)18-15-12(9-17)7-8-22-15/h2-8,11H,10H2,1H3,(H,18,19)/t11-/m1/s1. The lowest BCUT2D eigenvalue weighted by Gasteiger charge is -2.11. The van der Waals surface area contributed by atoms with Crippen LogP contribution in [-0.4, -0.2) is 23.7 Å². The highest BCUT2D eigenvalue weighted by atomic mass is 32.2. The zero-order valence-electron chi connectivity index (χ0n) is 12.3. The van der Waals surface area contributed by atoms with Crippen LogP contribution in [0.25, 0.3) is 0 Å². The van der Waals surface area contributed by atoms with E-state index < -0.39 is 17.1 Å². The molecule has 0 spiro atoms. The van der Waals surface area contributed by atoms with Gasteiger partial charge < -0.3 is 10.1 Å². The van der Waals surface area contributed by atoms with Crippen molar-refractivity contribution in [2.24, 2.45) is 0 Å². The summed E-state index contributed by atoms with van der Waals surface area (Å²) in [4.78, 5) is 24.6. The third-order valence-electron chi connectivity index (χ3n) is 2.77. The first-order valence-corrected chi connectivity index (χ1v) is 8.52. The van der Waals surface area contributed by atoms with Crippen molar-refractivity contribution in [2.75, 3.05) is 11.9 Å². The number of hydrogen-bond donors (Lipinski definition) is 1. The SMILES string of the molecule is C[C@@H](Sc1ccccc1)C(=O)OCC(=O)Nc1sccc1C#N. The van der Waals surface area contributed by atoms with E-state index in [9.17, 15) is 9.59 Å². The Hall–Kier alpha value is -2.30. The zero-order chi connectivity index (χ0) is 16.7. The van der Waals surface area contributed by atoms with Crippen LogP contribution in [0.1, 0.15) is 12.5 Å². The molecule has 5 nitrogen and oxygen atoms in total. The van der Waals surface area contributed by atoms with Crippen molar-refractivity contribution in [3.05, 3.63) is 47.3 Å². The lowest BCUT2D eigenvalue weighted by Crippen LogP contribution is -2.24. The van der Waals surface area contributed by atoms with Crippen molar-refractivity contribution in [3.63, 3.8) is 0 Å². The molecule has 0 unspecified atom stereocenters. The van der Waals surface area contributed by atoms with Gasteiger partial charge in [-0.15, -0.1) is 23.1 Å². The molecule has 23 heavy (non-hydrogen) atoms. The maximum Gasteiger partial charge on any atom is 0.319 e. The van der Waals surface area contributed by atoms with E-state index in [1.807, 2.05) is 36.4 Å². The van der Waals surface area contributed by atoms with Crippen LogP contribution >= 0.6 is 23.1 Å². The maximum absolute atomic E-state index is 11.9. The third kappa shape index (κ3) is 5.13. The highest BCUT2D eigenvalue weighted by molar-refractivity contribution is 8.00. The van der Waals surface area contributed by atoms with Crippen LogP contribution in [0, 0.1) is 11.3 Å². The van der Waals surface area contributed by atoms with Gasteiger partial charge in [-0.25, -0.2) is 0 Å². The fraction of sp³-hybridized carbons (Fsp3) is 0.188. The van der Waals surface area contributed by atoms with Gasteiger partial charge in [-0.05, 0) is 30.5 Å². The molecule has 0 aliphatic carbocycles. The minimum atomic E-state index is -0.464. The monoisotopic (exact) mass is 346 g/mol. The molecule has 7 heteroatoms. The molecule has 1 aromatic carbocycles. The second-order valence-electron chi connectivity index (χ2n) is 4.50. The van der Waals surface area contributed by atoms with E-state index in [4.69, 9.17) is 10.00 Å². The summed E-state index contributed by atoms with van der Waals surface area (Å²) in [6.45, 7) is 1.35. The predicted octanol–water partition coefficient (Wildman–Crippen LogP) is 3.28. The van der Waals surface area contributed by atoms with Gasteiger partial charge in [-0.2, -0.15) is 5.26 Å². The minimum absolute atomic E-state index is 0.374. The average Bonchev–Trinajstić information content (AvgIpc) is 3.00. The Labute approximate surface area is 142 Å². The normalized spacial score (nSPS) is 11.3. The molecule has 1 aromatic heterocycles. The molecule has 1 heterocycles. The Morgan fingerprint density at radius 1 is 1.35 bits per heavy atom. The molecule has 0 fully saturated rings. The fourth-order valence-corrected chi connectivity index (χ4v) is 3.30. The number of thioether (sulfide) groups is 1. The van der Waals surface area contributed by atoms with Gasteiger partial charge in [0.1, 0.15) is 16.3 Å². The summed E-state index contributed by atoms with van der Waals surface area (Å²) >= 11 is 2.61. The van der Waals surface area contributed by atoms with E-state index >= 15 is 0 Å². The first-order valence-electron chi connectivity index (χ1n) is 6.76. The molecule has 1 N–H and O–H groups in total. The van der Waals surface area contributed by atoms with E-state index in [0.717, 1.165) is 4.90 Å². The first-order chi connectivity index (χ1) is 11.1. The highest BCUT2D eigenvalue weighted by Gasteiger charge is 2.17. The van der Waals surface area contributed by atoms with Crippen LogP contribution in [0.4, 0.5) is 5.00 Å². The fourth-order valence-electron chi connectivity index (χ4n) is 1.66. The van der Waals surface area contributed by atoms with E-state index in [2.05, 4.69) is 5.32 Å². The Morgan fingerprint density at radius 3 is 2.78 bits per heavy atom. The molecular weight excluding hydrogens is 332 g/mol. The quantitative estimate of drug-likeness (QED) is 0.641. The van der Waals surface area contributed by atoms with Crippen molar-refractivity contribution in [2.45, 2.75) is 17.1 Å². The van der Waals surface area contributed by atoms with Gasteiger partial charge in [-0.3, -0.25) is 9.59 Å². The largest absolute Gasteiger partial charge is 0.455 e. The summed E-state index contributed by atoms with van der Waals surface area (Å²) in [5.41, 5.74) is 0.391. The van der Waals surface area contributed by atoms with Crippen molar-refractivity contribution >= 4 is 40.0 Å². The van der Waals surface area contributed by atoms with Crippen LogP contribution < -0.4 is 5.32 Å². The van der Waals surface area contributed by atoms with Crippen LogP contribution in [0.5, 0.6) is 0 Å². The molecule has 0 aliphatic heterocycles. The second kappa shape index (κ2) is 8.36. The molecule has 2 aromatic rings. The lowest BCUT2D eigenvalue weighted by molar-refractivity contribution is -0.146. The van der Waals surface area contributed by atoms with E-state index in [-0.39, 0.29) is 6.61 Å². The number of hydrogen-bond acceptors (Lipinski definition) is 6. The summed E-state index contributed by atoms with van der Waals surface area (Å²) in [6.07, 6.45) is 0. The lowest BCUT2D eigenvalue weighted by atomic mass is 10.3. The number of nitriles is 1. The number of amides is 1. The number of ether oxygens (including phenoxy) is 1. The number of nitrogens with zero attached hydrogens (tertiary/aromatic N) is 1. The van der Waals surface area contributed by atoms with Gasteiger partial charge in [0, 0.05) is 4.90 Å². The molecule has 0 saturated heterocycles. The van der Waals surface area contributed by atoms with Gasteiger partial charge in [0.25, 0.3) is 5.91 Å². The van der Waals surface area contributed by atoms with Crippen LogP contribution in [0.2, 0.25) is 0 Å². The van der Waals surface area contributed by atoms with Crippen LogP contribution in [-0.2, 0) is 14.3 Å². The average molecular weight is 346 g/mol. The molecule has 1 amide bonds. The first kappa shape index (κ1) is 17.1. The number of benzene rings is 1. The highest BCUT2D eigenvalue weighted by Crippen LogP contribution is 2.24. The van der Waals surface area contributed by atoms with Crippen molar-refractivity contribution in [1.29, 1.82) is 5.26 Å². The molecular formula is C16H14N2O3S2. The van der Waals surface area contributed by atoms with E-state index in [1.54, 1.807) is 18.4 Å². The van der Waals surface area contributed by atoms with Crippen molar-refractivity contribution < 1.29 is 14.3 Å². The Kier molecular flexibility index (Phi) is 6.20.